The van der Waals surface area contributed by atoms with Crippen molar-refractivity contribution in [1.82, 2.24) is 0 Å². The third kappa shape index (κ3) is 14.5. The van der Waals surface area contributed by atoms with E-state index in [1.807, 2.05) is 14.2 Å². The Kier molecular flexibility index (Phi) is 21.3. The second-order valence-electron chi connectivity index (χ2n) is 13.4. The van der Waals surface area contributed by atoms with Crippen LogP contribution in [0.4, 0.5) is 0 Å². The zero-order valence-corrected chi connectivity index (χ0v) is 27.6. The van der Waals surface area contributed by atoms with Crippen LogP contribution in [0.1, 0.15) is 162 Å². The van der Waals surface area contributed by atoms with Crippen LogP contribution in [0.25, 0.3) is 0 Å². The molecule has 5 atom stereocenters. The zero-order chi connectivity index (χ0) is 28.7. The summed E-state index contributed by atoms with van der Waals surface area (Å²) in [7, 11) is 3.74. The second kappa shape index (κ2) is 23.9. The molecule has 2 heteroatoms. The molecule has 234 valence electrons. The molecule has 2 nitrogen and oxygen atoms in total. The molecule has 0 spiro atoms. The van der Waals surface area contributed by atoms with Gasteiger partial charge in [-0.2, -0.15) is 0 Å². The third-order valence-electron chi connectivity index (χ3n) is 10.1. The summed E-state index contributed by atoms with van der Waals surface area (Å²) in [6.07, 6.45) is 40.0. The molecule has 2 rings (SSSR count). The first kappa shape index (κ1) is 35.6. The molecular formula is C38H70O2. The van der Waals surface area contributed by atoms with Crippen molar-refractivity contribution < 1.29 is 9.47 Å². The van der Waals surface area contributed by atoms with E-state index in [-0.39, 0.29) is 0 Å². The van der Waals surface area contributed by atoms with Crippen LogP contribution >= 0.6 is 0 Å². The molecule has 40 heavy (non-hydrogen) atoms. The molecular weight excluding hydrogens is 488 g/mol. The van der Waals surface area contributed by atoms with Crippen molar-refractivity contribution in [2.75, 3.05) is 27.4 Å². The predicted octanol–water partition coefficient (Wildman–Crippen LogP) is 11.9. The van der Waals surface area contributed by atoms with Crippen molar-refractivity contribution in [2.24, 2.45) is 29.6 Å². The van der Waals surface area contributed by atoms with Gasteiger partial charge < -0.3 is 9.47 Å². The Hall–Kier alpha value is -0.600. The minimum absolute atomic E-state index is 0.646. The lowest BCUT2D eigenvalue weighted by atomic mass is 9.65. The quantitative estimate of drug-likeness (QED) is 0.0971. The molecule has 2 aliphatic rings. The minimum Gasteiger partial charge on any atom is -0.385 e. The lowest BCUT2D eigenvalue weighted by Crippen LogP contribution is -2.31. The van der Waals surface area contributed by atoms with Gasteiger partial charge in [-0.15, -0.1) is 0 Å². The Morgan fingerprint density at radius 2 is 1.25 bits per heavy atom. The first-order valence-electron chi connectivity index (χ1n) is 18.1. The van der Waals surface area contributed by atoms with Crippen molar-refractivity contribution in [3.05, 3.63) is 23.8 Å². The summed E-state index contributed by atoms with van der Waals surface area (Å²) >= 11 is 0. The molecule has 0 saturated heterocycles. The van der Waals surface area contributed by atoms with Gasteiger partial charge in [0.25, 0.3) is 0 Å². The van der Waals surface area contributed by atoms with Crippen LogP contribution in [0.3, 0.4) is 0 Å². The van der Waals surface area contributed by atoms with Gasteiger partial charge in [0.2, 0.25) is 0 Å². The standard InChI is InChI=1S/C38H70O2/c1-5-7-9-17-23-33-28-29-34(24-18-13-11-12-16-22-30-39-3)38(37(33)27-21-10-8-6-2)31-35-25-19-14-15-20-26-36(35)32-40-4/h28-29,31,33-34,36-38H,5-27,30,32H2,1-4H3/b35-31-. The van der Waals surface area contributed by atoms with Gasteiger partial charge in [0.1, 0.15) is 0 Å². The van der Waals surface area contributed by atoms with Crippen molar-refractivity contribution in [1.29, 1.82) is 0 Å². The van der Waals surface area contributed by atoms with Gasteiger partial charge in [-0.3, -0.25) is 0 Å². The van der Waals surface area contributed by atoms with E-state index in [2.05, 4.69) is 32.1 Å². The smallest absolute Gasteiger partial charge is 0.0527 e. The van der Waals surface area contributed by atoms with E-state index in [1.165, 1.54) is 148 Å². The highest BCUT2D eigenvalue weighted by Gasteiger charge is 2.35. The van der Waals surface area contributed by atoms with Gasteiger partial charge >= 0.3 is 0 Å². The topological polar surface area (TPSA) is 18.5 Å². The Bertz CT molecular complexity index is 637. The maximum Gasteiger partial charge on any atom is 0.0527 e. The Morgan fingerprint density at radius 1 is 0.650 bits per heavy atom. The second-order valence-corrected chi connectivity index (χ2v) is 13.4. The normalized spacial score (nSPS) is 26.7. The summed E-state index contributed by atoms with van der Waals surface area (Å²) in [6, 6.07) is 0. The Balaban J connectivity index is 2.20. The molecule has 0 heterocycles. The van der Waals surface area contributed by atoms with Crippen LogP contribution < -0.4 is 0 Å². The number of unbranched alkanes of at least 4 members (excludes halogenated alkanes) is 11. The van der Waals surface area contributed by atoms with Gasteiger partial charge in [-0.05, 0) is 68.6 Å². The fraction of sp³-hybridized carbons (Fsp3) is 0.895. The van der Waals surface area contributed by atoms with Gasteiger partial charge in [0.15, 0.2) is 0 Å². The van der Waals surface area contributed by atoms with Crippen LogP contribution in [0, 0.1) is 29.6 Å². The van der Waals surface area contributed by atoms with E-state index < -0.39 is 0 Å². The first-order chi connectivity index (χ1) is 19.7. The van der Waals surface area contributed by atoms with Crippen molar-refractivity contribution >= 4 is 0 Å². The molecule has 0 amide bonds. The van der Waals surface area contributed by atoms with E-state index >= 15 is 0 Å². The summed E-state index contributed by atoms with van der Waals surface area (Å²) in [6.45, 7) is 6.54. The van der Waals surface area contributed by atoms with Crippen LogP contribution in [0.15, 0.2) is 23.8 Å². The predicted molar refractivity (Wildman–Crippen MR) is 176 cm³/mol. The van der Waals surface area contributed by atoms with Crippen LogP contribution in [-0.4, -0.2) is 27.4 Å². The average molecular weight is 559 g/mol. The largest absolute Gasteiger partial charge is 0.385 e. The van der Waals surface area contributed by atoms with E-state index in [0.717, 1.165) is 36.9 Å². The SMILES string of the molecule is CCCCCCC1C=CC(CCCCCCCCOC)C(/C=C2/CCCCCCC2COC)C1CCCCCC. The number of hydrogen-bond acceptors (Lipinski definition) is 2. The number of rotatable bonds is 22. The van der Waals surface area contributed by atoms with Crippen molar-refractivity contribution in [2.45, 2.75) is 162 Å². The first-order valence-corrected chi connectivity index (χ1v) is 18.1. The maximum atomic E-state index is 5.80. The van der Waals surface area contributed by atoms with E-state index in [9.17, 15) is 0 Å². The van der Waals surface area contributed by atoms with Crippen LogP contribution in [0.5, 0.6) is 0 Å². The van der Waals surface area contributed by atoms with Crippen LogP contribution in [-0.2, 0) is 9.47 Å². The van der Waals surface area contributed by atoms with Gasteiger partial charge in [0.05, 0.1) is 6.61 Å². The molecule has 0 aliphatic heterocycles. The summed E-state index contributed by atoms with van der Waals surface area (Å²) < 4.78 is 11.0. The molecule has 5 unspecified atom stereocenters. The van der Waals surface area contributed by atoms with Crippen molar-refractivity contribution in [3.8, 4) is 0 Å². The highest BCUT2D eigenvalue weighted by molar-refractivity contribution is 5.17. The minimum atomic E-state index is 0.646. The Labute approximate surface area is 251 Å². The average Bonchev–Trinajstić information content (AvgIpc) is 2.95. The summed E-state index contributed by atoms with van der Waals surface area (Å²) in [5.41, 5.74) is 1.77. The number of methoxy groups -OCH3 is 2. The molecule has 0 N–H and O–H groups in total. The summed E-state index contributed by atoms with van der Waals surface area (Å²) in [5, 5.41) is 0. The lowest BCUT2D eigenvalue weighted by molar-refractivity contribution is 0.154. The van der Waals surface area contributed by atoms with Gasteiger partial charge in [-0.1, -0.05) is 140 Å². The Morgan fingerprint density at radius 3 is 1.95 bits per heavy atom. The maximum absolute atomic E-state index is 5.80. The van der Waals surface area contributed by atoms with Crippen LogP contribution in [0.2, 0.25) is 0 Å². The number of ether oxygens (including phenoxy) is 2. The fourth-order valence-electron chi connectivity index (χ4n) is 7.68. The molecule has 1 saturated carbocycles. The molecule has 0 radical (unpaired) electrons. The zero-order valence-electron chi connectivity index (χ0n) is 27.6. The van der Waals surface area contributed by atoms with E-state index in [1.54, 1.807) is 5.57 Å². The number of allylic oxidation sites excluding steroid dienone is 3. The highest BCUT2D eigenvalue weighted by Crippen LogP contribution is 2.44. The van der Waals surface area contributed by atoms with Gasteiger partial charge in [0, 0.05) is 26.7 Å². The molecule has 2 aliphatic carbocycles. The molecule has 0 aromatic carbocycles. The molecule has 0 aromatic rings. The molecule has 0 bridgehead atoms. The molecule has 0 aromatic heterocycles. The lowest BCUT2D eigenvalue weighted by Gasteiger charge is -2.40. The summed E-state index contributed by atoms with van der Waals surface area (Å²) in [4.78, 5) is 0. The van der Waals surface area contributed by atoms with Crippen molar-refractivity contribution in [3.63, 3.8) is 0 Å². The van der Waals surface area contributed by atoms with Gasteiger partial charge in [-0.25, -0.2) is 0 Å². The highest BCUT2D eigenvalue weighted by atomic mass is 16.5. The third-order valence-corrected chi connectivity index (χ3v) is 10.1. The van der Waals surface area contributed by atoms with E-state index in [4.69, 9.17) is 9.47 Å². The van der Waals surface area contributed by atoms with E-state index in [0.29, 0.717) is 5.92 Å². The fourth-order valence-corrected chi connectivity index (χ4v) is 7.68. The summed E-state index contributed by atoms with van der Waals surface area (Å²) in [5.74, 6) is 3.74. The monoisotopic (exact) mass is 559 g/mol. The number of hydrogen-bond donors (Lipinski definition) is 0. The molecule has 1 fully saturated rings.